The van der Waals surface area contributed by atoms with Gasteiger partial charge in [0.25, 0.3) is 0 Å². The number of carboxylic acid groups (broad SMARTS) is 1. The van der Waals surface area contributed by atoms with Gasteiger partial charge < -0.3 is 14.9 Å². The molecule has 0 aromatic heterocycles. The summed E-state index contributed by atoms with van der Waals surface area (Å²) in [7, 11) is 0. The number of nitrogens with zero attached hydrogens (tertiary/aromatic N) is 2. The molecule has 1 atom stereocenters. The number of fused-ring (bicyclic) bond motifs is 2. The van der Waals surface area contributed by atoms with Gasteiger partial charge in [-0.25, -0.2) is 0 Å². The lowest BCUT2D eigenvalue weighted by molar-refractivity contribution is -0.138. The Kier molecular flexibility index (Phi) is 5.96. The van der Waals surface area contributed by atoms with Crippen molar-refractivity contribution < 1.29 is 9.90 Å². The highest BCUT2D eigenvalue weighted by molar-refractivity contribution is 5.71. The summed E-state index contributed by atoms with van der Waals surface area (Å²) in [4.78, 5) is 15.9. The fourth-order valence-electron chi connectivity index (χ4n) is 4.75. The third kappa shape index (κ3) is 4.39. The van der Waals surface area contributed by atoms with Crippen LogP contribution in [0.25, 0.3) is 0 Å². The molecule has 4 rings (SSSR count). The zero-order valence-electron chi connectivity index (χ0n) is 16.5. The van der Waals surface area contributed by atoms with E-state index in [1.54, 1.807) is 0 Å². The number of unbranched alkanes of at least 4 members (excludes halogenated alkanes) is 1. The first kappa shape index (κ1) is 19.0. The van der Waals surface area contributed by atoms with Gasteiger partial charge in [0.1, 0.15) is 0 Å². The summed E-state index contributed by atoms with van der Waals surface area (Å²) in [5.74, 6) is -0.327. The molecule has 0 saturated carbocycles. The fraction of sp³-hybridized carbons (Fsp3) is 0.458. The molecule has 2 aliphatic rings. The standard InChI is InChI=1S/C24H30N2O2/c27-24(28)17-19-13-16-25(18-19)14-5-6-15-26-22-9-3-1-7-20(22)11-12-21-8-2-4-10-23(21)26/h1-4,7-10,19H,5-6,11-18H2,(H,27,28). The molecule has 1 N–H and O–H groups in total. The molecule has 0 spiro atoms. The second-order valence-corrected chi connectivity index (χ2v) is 8.17. The van der Waals surface area contributed by atoms with Crippen LogP contribution in [0.1, 0.15) is 36.8 Å². The maximum Gasteiger partial charge on any atom is 0.303 e. The van der Waals surface area contributed by atoms with E-state index >= 15 is 0 Å². The molecule has 0 aliphatic carbocycles. The van der Waals surface area contributed by atoms with Crippen molar-refractivity contribution in [2.24, 2.45) is 5.92 Å². The highest BCUT2D eigenvalue weighted by Crippen LogP contribution is 2.36. The van der Waals surface area contributed by atoms with Gasteiger partial charge in [-0.1, -0.05) is 36.4 Å². The zero-order valence-corrected chi connectivity index (χ0v) is 16.5. The summed E-state index contributed by atoms with van der Waals surface area (Å²) in [5, 5.41) is 8.98. The van der Waals surface area contributed by atoms with Gasteiger partial charge in [0, 0.05) is 30.9 Å². The van der Waals surface area contributed by atoms with Gasteiger partial charge in [0.15, 0.2) is 0 Å². The summed E-state index contributed by atoms with van der Waals surface area (Å²) in [6.07, 6.45) is 5.84. The van der Waals surface area contributed by atoms with Crippen LogP contribution in [0.3, 0.4) is 0 Å². The third-order valence-corrected chi connectivity index (χ3v) is 6.17. The summed E-state index contributed by atoms with van der Waals surface area (Å²) in [5.41, 5.74) is 5.59. The van der Waals surface area contributed by atoms with E-state index in [1.807, 2.05) is 0 Å². The van der Waals surface area contributed by atoms with Crippen LogP contribution in [0.2, 0.25) is 0 Å². The number of aryl methyl sites for hydroxylation is 2. The Balaban J connectivity index is 1.36. The van der Waals surface area contributed by atoms with Crippen LogP contribution in [0.15, 0.2) is 48.5 Å². The van der Waals surface area contributed by atoms with Crippen LogP contribution < -0.4 is 4.90 Å². The Morgan fingerprint density at radius 2 is 1.54 bits per heavy atom. The molecule has 0 radical (unpaired) electrons. The molecule has 1 fully saturated rings. The second-order valence-electron chi connectivity index (χ2n) is 8.17. The van der Waals surface area contributed by atoms with Crippen molar-refractivity contribution in [3.63, 3.8) is 0 Å². The van der Waals surface area contributed by atoms with Crippen molar-refractivity contribution in [3.05, 3.63) is 59.7 Å². The number of carbonyl (C=O) groups is 1. The number of hydrogen-bond donors (Lipinski definition) is 1. The number of carboxylic acids is 1. The third-order valence-electron chi connectivity index (χ3n) is 6.17. The lowest BCUT2D eigenvalue weighted by Crippen LogP contribution is -2.24. The van der Waals surface area contributed by atoms with Crippen molar-refractivity contribution in [1.29, 1.82) is 0 Å². The van der Waals surface area contributed by atoms with Gasteiger partial charge in [-0.2, -0.15) is 0 Å². The first-order valence-electron chi connectivity index (χ1n) is 10.6. The minimum atomic E-state index is -0.662. The smallest absolute Gasteiger partial charge is 0.303 e. The first-order chi connectivity index (χ1) is 13.7. The van der Waals surface area contributed by atoms with Crippen LogP contribution >= 0.6 is 0 Å². The monoisotopic (exact) mass is 378 g/mol. The SMILES string of the molecule is O=C(O)CC1CCN(CCCCN2c3ccccc3CCc3ccccc32)C1. The lowest BCUT2D eigenvalue weighted by atomic mass is 10.0. The molecular weight excluding hydrogens is 348 g/mol. The lowest BCUT2D eigenvalue weighted by Gasteiger charge is -2.27. The van der Waals surface area contributed by atoms with Crippen molar-refractivity contribution in [2.45, 2.75) is 38.5 Å². The molecule has 2 aromatic rings. The van der Waals surface area contributed by atoms with Crippen LogP contribution in [0.4, 0.5) is 11.4 Å². The number of anilines is 2. The molecular formula is C24H30N2O2. The number of rotatable bonds is 7. The molecule has 4 nitrogen and oxygen atoms in total. The maximum atomic E-state index is 10.9. The minimum Gasteiger partial charge on any atom is -0.481 e. The highest BCUT2D eigenvalue weighted by atomic mass is 16.4. The summed E-state index contributed by atoms with van der Waals surface area (Å²) >= 11 is 0. The minimum absolute atomic E-state index is 0.317. The number of hydrogen-bond acceptors (Lipinski definition) is 3. The second kappa shape index (κ2) is 8.78. The van der Waals surface area contributed by atoms with Crippen molar-refractivity contribution in [3.8, 4) is 0 Å². The Bertz CT molecular complexity index is 772. The Hall–Kier alpha value is -2.33. The first-order valence-corrected chi connectivity index (χ1v) is 10.6. The van der Waals surface area contributed by atoms with Crippen LogP contribution in [-0.2, 0) is 17.6 Å². The predicted molar refractivity (Wildman–Crippen MR) is 113 cm³/mol. The molecule has 0 bridgehead atoms. The average molecular weight is 379 g/mol. The van der Waals surface area contributed by atoms with Crippen molar-refractivity contribution in [1.82, 2.24) is 4.90 Å². The van der Waals surface area contributed by atoms with E-state index in [0.717, 1.165) is 58.3 Å². The summed E-state index contributed by atoms with van der Waals surface area (Å²) in [6.45, 7) is 4.10. The van der Waals surface area contributed by atoms with Crippen LogP contribution in [-0.4, -0.2) is 42.2 Å². The Labute approximate surface area is 167 Å². The van der Waals surface area contributed by atoms with E-state index in [2.05, 4.69) is 58.3 Å². The molecule has 28 heavy (non-hydrogen) atoms. The molecule has 2 aromatic carbocycles. The molecule has 0 amide bonds. The van der Waals surface area contributed by atoms with Crippen LogP contribution in [0, 0.1) is 5.92 Å². The van der Waals surface area contributed by atoms with Gasteiger partial charge in [-0.3, -0.25) is 4.79 Å². The van der Waals surface area contributed by atoms with E-state index in [0.29, 0.717) is 12.3 Å². The van der Waals surface area contributed by atoms with Crippen molar-refractivity contribution >= 4 is 17.3 Å². The average Bonchev–Trinajstić information content (AvgIpc) is 3.07. The van der Waals surface area contributed by atoms with E-state index in [1.165, 1.54) is 22.5 Å². The molecule has 2 heterocycles. The molecule has 4 heteroatoms. The quantitative estimate of drug-likeness (QED) is 0.721. The molecule has 1 unspecified atom stereocenters. The van der Waals surface area contributed by atoms with Crippen LogP contribution in [0.5, 0.6) is 0 Å². The normalized spacial score (nSPS) is 19.1. The fourth-order valence-corrected chi connectivity index (χ4v) is 4.75. The Morgan fingerprint density at radius 1 is 0.929 bits per heavy atom. The number of likely N-dealkylation sites (tertiary alicyclic amines) is 1. The van der Waals surface area contributed by atoms with Gasteiger partial charge >= 0.3 is 5.97 Å². The van der Waals surface area contributed by atoms with Gasteiger partial charge in [0.05, 0.1) is 0 Å². The van der Waals surface area contributed by atoms with E-state index in [4.69, 9.17) is 5.11 Å². The molecule has 2 aliphatic heterocycles. The number of para-hydroxylation sites is 2. The zero-order chi connectivity index (χ0) is 19.3. The van der Waals surface area contributed by atoms with E-state index < -0.39 is 5.97 Å². The van der Waals surface area contributed by atoms with E-state index in [-0.39, 0.29) is 0 Å². The Morgan fingerprint density at radius 3 is 2.18 bits per heavy atom. The largest absolute Gasteiger partial charge is 0.481 e. The predicted octanol–water partition coefficient (Wildman–Crippen LogP) is 4.50. The van der Waals surface area contributed by atoms with Gasteiger partial charge in [0.2, 0.25) is 0 Å². The number of aliphatic carboxylic acids is 1. The number of benzene rings is 2. The van der Waals surface area contributed by atoms with Gasteiger partial charge in [-0.05, 0) is 74.4 Å². The summed E-state index contributed by atoms with van der Waals surface area (Å²) < 4.78 is 0. The molecule has 148 valence electrons. The van der Waals surface area contributed by atoms with Crippen molar-refractivity contribution in [2.75, 3.05) is 31.1 Å². The maximum absolute atomic E-state index is 10.9. The topological polar surface area (TPSA) is 43.8 Å². The molecule has 1 saturated heterocycles. The van der Waals surface area contributed by atoms with E-state index in [9.17, 15) is 4.79 Å². The van der Waals surface area contributed by atoms with Gasteiger partial charge in [-0.15, -0.1) is 0 Å². The summed E-state index contributed by atoms with van der Waals surface area (Å²) in [6, 6.07) is 17.6. The highest BCUT2D eigenvalue weighted by Gasteiger charge is 2.24.